The summed E-state index contributed by atoms with van der Waals surface area (Å²) in [4.78, 5) is 27.3. The first-order chi connectivity index (χ1) is 14.4. The van der Waals surface area contributed by atoms with E-state index in [2.05, 4.69) is 44.2 Å². The van der Waals surface area contributed by atoms with Crippen molar-refractivity contribution in [2.24, 2.45) is 0 Å². The molecule has 3 aromatic rings. The van der Waals surface area contributed by atoms with E-state index in [0.29, 0.717) is 13.0 Å². The van der Waals surface area contributed by atoms with Crippen LogP contribution in [0.1, 0.15) is 44.2 Å². The Morgan fingerprint density at radius 3 is 2.33 bits per heavy atom. The molecule has 30 heavy (non-hydrogen) atoms. The van der Waals surface area contributed by atoms with Gasteiger partial charge in [0.15, 0.2) is 0 Å². The highest BCUT2D eigenvalue weighted by molar-refractivity contribution is 5.87. The Labute approximate surface area is 177 Å². The van der Waals surface area contributed by atoms with Gasteiger partial charge in [-0.25, -0.2) is 0 Å². The Morgan fingerprint density at radius 2 is 1.63 bits per heavy atom. The van der Waals surface area contributed by atoms with Crippen molar-refractivity contribution in [3.05, 3.63) is 83.9 Å². The summed E-state index contributed by atoms with van der Waals surface area (Å²) in [6.07, 6.45) is 0.170. The standard InChI is InChI=1S/C26H27NO3/c1-18(28)30-23-15-16-27(25(29)24(23)20-10-5-4-6-11-20)26(2,3)22-14-13-19-9-7-8-12-21(19)17-22/h4-14,17,23-24H,15-16H2,1-3H3. The van der Waals surface area contributed by atoms with Gasteiger partial charge in [-0.15, -0.1) is 0 Å². The van der Waals surface area contributed by atoms with Crippen molar-refractivity contribution in [1.29, 1.82) is 0 Å². The van der Waals surface area contributed by atoms with Gasteiger partial charge in [-0.2, -0.15) is 0 Å². The van der Waals surface area contributed by atoms with Gasteiger partial charge in [0.25, 0.3) is 0 Å². The summed E-state index contributed by atoms with van der Waals surface area (Å²) in [7, 11) is 0. The molecule has 0 bridgehead atoms. The third-order valence-corrected chi connectivity index (χ3v) is 6.15. The first kappa shape index (κ1) is 20.1. The number of ether oxygens (including phenoxy) is 1. The first-order valence-corrected chi connectivity index (χ1v) is 10.4. The van der Waals surface area contributed by atoms with Crippen LogP contribution in [0.15, 0.2) is 72.8 Å². The molecule has 4 heteroatoms. The van der Waals surface area contributed by atoms with E-state index in [1.54, 1.807) is 0 Å². The van der Waals surface area contributed by atoms with Crippen LogP contribution in [0.25, 0.3) is 10.8 Å². The predicted molar refractivity (Wildman–Crippen MR) is 118 cm³/mol. The predicted octanol–water partition coefficient (Wildman–Crippen LogP) is 5.02. The number of nitrogens with zero attached hydrogens (tertiary/aromatic N) is 1. The third kappa shape index (κ3) is 3.70. The number of esters is 1. The lowest BCUT2D eigenvalue weighted by molar-refractivity contribution is -0.159. The zero-order valence-electron chi connectivity index (χ0n) is 17.7. The Bertz CT molecular complexity index is 1070. The summed E-state index contributed by atoms with van der Waals surface area (Å²) < 4.78 is 5.57. The average molecular weight is 402 g/mol. The zero-order chi connectivity index (χ0) is 21.3. The van der Waals surface area contributed by atoms with Crippen molar-refractivity contribution >= 4 is 22.6 Å². The van der Waals surface area contributed by atoms with Crippen LogP contribution in [0.2, 0.25) is 0 Å². The van der Waals surface area contributed by atoms with E-state index in [0.717, 1.165) is 16.5 Å². The molecule has 1 aliphatic rings. The van der Waals surface area contributed by atoms with Gasteiger partial charge in [-0.3, -0.25) is 9.59 Å². The molecule has 0 aliphatic carbocycles. The molecule has 0 aromatic heterocycles. The van der Waals surface area contributed by atoms with Crippen molar-refractivity contribution in [2.75, 3.05) is 6.54 Å². The minimum absolute atomic E-state index is 0.00291. The second kappa shape index (κ2) is 7.94. The highest BCUT2D eigenvalue weighted by Crippen LogP contribution is 2.38. The van der Waals surface area contributed by atoms with Crippen molar-refractivity contribution in [2.45, 2.75) is 44.8 Å². The van der Waals surface area contributed by atoms with Gasteiger partial charge in [0.2, 0.25) is 5.91 Å². The summed E-state index contributed by atoms with van der Waals surface area (Å²) in [5.74, 6) is -0.851. The van der Waals surface area contributed by atoms with Gasteiger partial charge in [-0.05, 0) is 41.8 Å². The number of carbonyl (C=O) groups is 2. The molecular weight excluding hydrogens is 374 g/mol. The largest absolute Gasteiger partial charge is 0.461 e. The summed E-state index contributed by atoms with van der Waals surface area (Å²) in [6, 6.07) is 24.2. The molecule has 2 unspecified atom stereocenters. The highest BCUT2D eigenvalue weighted by Gasteiger charge is 2.44. The summed E-state index contributed by atoms with van der Waals surface area (Å²) in [6.45, 7) is 6.12. The highest BCUT2D eigenvalue weighted by atomic mass is 16.5. The second-order valence-corrected chi connectivity index (χ2v) is 8.44. The van der Waals surface area contributed by atoms with Gasteiger partial charge in [0.1, 0.15) is 12.0 Å². The average Bonchev–Trinajstić information content (AvgIpc) is 2.73. The monoisotopic (exact) mass is 401 g/mol. The molecule has 3 aromatic carbocycles. The van der Waals surface area contributed by atoms with Gasteiger partial charge in [-0.1, -0.05) is 66.7 Å². The number of hydrogen-bond donors (Lipinski definition) is 0. The maximum atomic E-state index is 13.7. The van der Waals surface area contributed by atoms with E-state index in [4.69, 9.17) is 4.74 Å². The van der Waals surface area contributed by atoms with Gasteiger partial charge < -0.3 is 9.64 Å². The maximum absolute atomic E-state index is 13.7. The third-order valence-electron chi connectivity index (χ3n) is 6.15. The minimum Gasteiger partial charge on any atom is -0.461 e. The van der Waals surface area contributed by atoms with E-state index in [9.17, 15) is 9.59 Å². The fraction of sp³-hybridized carbons (Fsp3) is 0.308. The van der Waals surface area contributed by atoms with Crippen LogP contribution < -0.4 is 0 Å². The van der Waals surface area contributed by atoms with Crippen molar-refractivity contribution in [3.8, 4) is 0 Å². The van der Waals surface area contributed by atoms with Crippen LogP contribution in [0.4, 0.5) is 0 Å². The molecule has 0 N–H and O–H groups in total. The number of carbonyl (C=O) groups excluding carboxylic acids is 2. The number of piperidine rings is 1. The van der Waals surface area contributed by atoms with Crippen LogP contribution in [0.5, 0.6) is 0 Å². The first-order valence-electron chi connectivity index (χ1n) is 10.4. The van der Waals surface area contributed by atoms with E-state index in [1.807, 2.05) is 47.4 Å². The van der Waals surface area contributed by atoms with Crippen molar-refractivity contribution < 1.29 is 14.3 Å². The van der Waals surface area contributed by atoms with E-state index in [-0.39, 0.29) is 11.9 Å². The smallest absolute Gasteiger partial charge is 0.302 e. The van der Waals surface area contributed by atoms with Crippen LogP contribution in [-0.2, 0) is 19.9 Å². The van der Waals surface area contributed by atoms with Gasteiger partial charge in [0, 0.05) is 19.9 Å². The molecule has 154 valence electrons. The maximum Gasteiger partial charge on any atom is 0.302 e. The number of benzene rings is 3. The Hall–Kier alpha value is -3.14. The lowest BCUT2D eigenvalue weighted by atomic mass is 9.82. The summed E-state index contributed by atoms with van der Waals surface area (Å²) >= 11 is 0. The molecule has 1 heterocycles. The SMILES string of the molecule is CC(=O)OC1CCN(C(C)(C)c2ccc3ccccc3c2)C(=O)C1c1ccccc1. The van der Waals surface area contributed by atoms with Gasteiger partial charge >= 0.3 is 5.97 Å². The summed E-state index contributed by atoms with van der Waals surface area (Å²) in [5.41, 5.74) is 1.48. The lowest BCUT2D eigenvalue weighted by Crippen LogP contribution is -2.54. The Kier molecular flexibility index (Phi) is 5.33. The molecule has 1 aliphatic heterocycles. The fourth-order valence-electron chi connectivity index (χ4n) is 4.50. The van der Waals surface area contributed by atoms with E-state index >= 15 is 0 Å². The minimum atomic E-state index is -0.497. The van der Waals surface area contributed by atoms with Crippen LogP contribution >= 0.6 is 0 Å². The van der Waals surface area contributed by atoms with Crippen LogP contribution in [0, 0.1) is 0 Å². The topological polar surface area (TPSA) is 46.6 Å². The Balaban J connectivity index is 1.71. The Morgan fingerprint density at radius 1 is 0.967 bits per heavy atom. The van der Waals surface area contributed by atoms with Crippen molar-refractivity contribution in [3.63, 3.8) is 0 Å². The molecule has 4 rings (SSSR count). The van der Waals surface area contributed by atoms with E-state index < -0.39 is 17.6 Å². The molecule has 1 amide bonds. The molecule has 1 fully saturated rings. The van der Waals surface area contributed by atoms with Gasteiger partial charge in [0.05, 0.1) is 5.54 Å². The van der Waals surface area contributed by atoms with Crippen molar-refractivity contribution in [1.82, 2.24) is 4.90 Å². The lowest BCUT2D eigenvalue weighted by Gasteiger charge is -2.46. The zero-order valence-corrected chi connectivity index (χ0v) is 17.7. The molecule has 0 radical (unpaired) electrons. The second-order valence-electron chi connectivity index (χ2n) is 8.44. The molecule has 1 saturated heterocycles. The molecule has 4 nitrogen and oxygen atoms in total. The number of fused-ring (bicyclic) bond motifs is 1. The molecule has 0 spiro atoms. The van der Waals surface area contributed by atoms with Crippen LogP contribution in [0.3, 0.4) is 0 Å². The number of amides is 1. The number of likely N-dealkylation sites (tertiary alicyclic amines) is 1. The molecular formula is C26H27NO3. The van der Waals surface area contributed by atoms with E-state index in [1.165, 1.54) is 12.3 Å². The quantitative estimate of drug-likeness (QED) is 0.577. The molecule has 0 saturated carbocycles. The molecule has 2 atom stereocenters. The fourth-order valence-corrected chi connectivity index (χ4v) is 4.50. The normalized spacial score (nSPS) is 19.7. The summed E-state index contributed by atoms with van der Waals surface area (Å²) in [5, 5.41) is 2.34. The number of hydrogen-bond acceptors (Lipinski definition) is 3. The number of rotatable bonds is 4. The van der Waals surface area contributed by atoms with Crippen LogP contribution in [-0.4, -0.2) is 29.4 Å².